The van der Waals surface area contributed by atoms with Crippen LogP contribution in [0.1, 0.15) is 12.8 Å². The van der Waals surface area contributed by atoms with Gasteiger partial charge in [-0.25, -0.2) is 0 Å². The highest BCUT2D eigenvalue weighted by molar-refractivity contribution is 5.91. The van der Waals surface area contributed by atoms with Crippen LogP contribution < -0.4 is 11.1 Å². The fourth-order valence-electron chi connectivity index (χ4n) is 1.74. The minimum absolute atomic E-state index is 0.0221. The number of hydrogen-bond donors (Lipinski definition) is 2. The average molecular weight is 235 g/mol. The van der Waals surface area contributed by atoms with Crippen LogP contribution in [0.5, 0.6) is 0 Å². The summed E-state index contributed by atoms with van der Waals surface area (Å²) in [7, 11) is 0. The van der Waals surface area contributed by atoms with E-state index in [-0.39, 0.29) is 5.91 Å². The maximum Gasteiger partial charge on any atom is 0.225 e. The Labute approximate surface area is 100 Å². The van der Waals surface area contributed by atoms with Crippen LogP contribution in [-0.2, 0) is 9.63 Å². The number of carbonyl (C=O) groups excluding carboxylic acids is 1. The third kappa shape index (κ3) is 3.72. The first-order valence-corrected chi connectivity index (χ1v) is 5.77. The quantitative estimate of drug-likeness (QED) is 0.770. The molecule has 0 aromatic heterocycles. The first kappa shape index (κ1) is 11.9. The molecular weight excluding hydrogens is 218 g/mol. The molecule has 92 valence electrons. The molecule has 1 aromatic rings. The zero-order valence-corrected chi connectivity index (χ0v) is 9.69. The second-order valence-corrected chi connectivity index (χ2v) is 4.04. The van der Waals surface area contributed by atoms with E-state index in [2.05, 4.69) is 5.32 Å². The van der Waals surface area contributed by atoms with Crippen molar-refractivity contribution in [3.63, 3.8) is 0 Å². The lowest BCUT2D eigenvalue weighted by molar-refractivity contribution is -0.126. The Balaban J connectivity index is 1.76. The maximum absolute atomic E-state index is 11.6. The smallest absolute Gasteiger partial charge is 0.225 e. The monoisotopic (exact) mass is 235 g/mol. The molecule has 0 aliphatic carbocycles. The van der Waals surface area contributed by atoms with Gasteiger partial charge in [0.2, 0.25) is 5.91 Å². The molecule has 1 fully saturated rings. The number of hydrogen-bond acceptors (Lipinski definition) is 4. The van der Waals surface area contributed by atoms with Gasteiger partial charge in [0.1, 0.15) is 0 Å². The van der Waals surface area contributed by atoms with Gasteiger partial charge in [0.05, 0.1) is 6.61 Å². The molecule has 0 saturated carbocycles. The molecule has 1 heterocycles. The van der Waals surface area contributed by atoms with Gasteiger partial charge in [-0.05, 0) is 24.6 Å². The molecule has 3 N–H and O–H groups in total. The largest absolute Gasteiger partial charge is 0.399 e. The molecular formula is C12H17N3O2. The van der Waals surface area contributed by atoms with Gasteiger partial charge >= 0.3 is 0 Å². The third-order valence-electron chi connectivity index (χ3n) is 2.58. The number of benzene rings is 1. The maximum atomic E-state index is 11.6. The minimum atomic E-state index is -0.0221. The highest BCUT2D eigenvalue weighted by Crippen LogP contribution is 2.12. The van der Waals surface area contributed by atoms with Crippen molar-refractivity contribution in [3.8, 4) is 0 Å². The van der Waals surface area contributed by atoms with Crippen molar-refractivity contribution >= 4 is 17.3 Å². The molecule has 17 heavy (non-hydrogen) atoms. The van der Waals surface area contributed by atoms with Gasteiger partial charge in [0, 0.05) is 30.9 Å². The number of anilines is 2. The zero-order valence-electron chi connectivity index (χ0n) is 9.69. The Hall–Kier alpha value is -1.59. The fraction of sp³-hybridized carbons (Fsp3) is 0.417. The molecule has 1 aromatic carbocycles. The third-order valence-corrected chi connectivity index (χ3v) is 2.58. The summed E-state index contributed by atoms with van der Waals surface area (Å²) < 4.78 is 0. The second-order valence-electron chi connectivity index (χ2n) is 4.04. The number of nitrogens with zero attached hydrogens (tertiary/aromatic N) is 1. The Kier molecular flexibility index (Phi) is 3.95. The molecule has 0 unspecified atom stereocenters. The number of nitrogens with one attached hydrogen (secondary N) is 1. The number of nitrogen functional groups attached to an aromatic ring is 1. The van der Waals surface area contributed by atoms with Crippen molar-refractivity contribution in [2.24, 2.45) is 0 Å². The van der Waals surface area contributed by atoms with Gasteiger partial charge < -0.3 is 11.1 Å². The Bertz CT molecular complexity index is 389. The van der Waals surface area contributed by atoms with E-state index < -0.39 is 0 Å². The van der Waals surface area contributed by atoms with Crippen LogP contribution in [0.3, 0.4) is 0 Å². The summed E-state index contributed by atoms with van der Waals surface area (Å²) >= 11 is 0. The standard InChI is InChI=1S/C12H17N3O2/c13-10-3-1-4-11(9-10)14-12(16)5-7-15-6-2-8-17-15/h1,3-4,9H,2,5-8,13H2,(H,14,16). The first-order valence-electron chi connectivity index (χ1n) is 5.77. The summed E-state index contributed by atoms with van der Waals surface area (Å²) in [4.78, 5) is 17.0. The van der Waals surface area contributed by atoms with Gasteiger partial charge in [-0.3, -0.25) is 9.63 Å². The molecule has 0 bridgehead atoms. The lowest BCUT2D eigenvalue weighted by Crippen LogP contribution is -2.24. The summed E-state index contributed by atoms with van der Waals surface area (Å²) in [6.45, 7) is 2.30. The first-order chi connectivity index (χ1) is 8.24. The SMILES string of the molecule is Nc1cccc(NC(=O)CCN2CCCO2)c1. The Morgan fingerprint density at radius 1 is 1.53 bits per heavy atom. The molecule has 0 spiro atoms. The van der Waals surface area contributed by atoms with E-state index in [4.69, 9.17) is 10.6 Å². The molecule has 5 nitrogen and oxygen atoms in total. The molecule has 0 atom stereocenters. The van der Waals surface area contributed by atoms with Crippen LogP contribution in [0.4, 0.5) is 11.4 Å². The Morgan fingerprint density at radius 3 is 3.12 bits per heavy atom. The predicted molar refractivity (Wildman–Crippen MR) is 66.2 cm³/mol. The van der Waals surface area contributed by atoms with E-state index in [9.17, 15) is 4.79 Å². The summed E-state index contributed by atoms with van der Waals surface area (Å²) in [5.74, 6) is -0.0221. The lowest BCUT2D eigenvalue weighted by atomic mass is 10.2. The van der Waals surface area contributed by atoms with Crippen molar-refractivity contribution in [1.29, 1.82) is 0 Å². The fourth-order valence-corrected chi connectivity index (χ4v) is 1.74. The average Bonchev–Trinajstić information content (AvgIpc) is 2.79. The Morgan fingerprint density at radius 2 is 2.41 bits per heavy atom. The molecule has 2 rings (SSSR count). The number of amides is 1. The van der Waals surface area contributed by atoms with E-state index >= 15 is 0 Å². The van der Waals surface area contributed by atoms with Gasteiger partial charge in [0.25, 0.3) is 0 Å². The highest BCUT2D eigenvalue weighted by Gasteiger charge is 2.13. The van der Waals surface area contributed by atoms with Gasteiger partial charge in [-0.2, -0.15) is 5.06 Å². The van der Waals surface area contributed by atoms with E-state index in [1.54, 1.807) is 12.1 Å². The normalized spacial score (nSPS) is 16.0. The minimum Gasteiger partial charge on any atom is -0.399 e. The van der Waals surface area contributed by atoms with Crippen LogP contribution in [0, 0.1) is 0 Å². The van der Waals surface area contributed by atoms with Crippen molar-refractivity contribution < 1.29 is 9.63 Å². The van der Waals surface area contributed by atoms with E-state index in [1.807, 2.05) is 17.2 Å². The van der Waals surface area contributed by atoms with E-state index in [0.29, 0.717) is 18.7 Å². The van der Waals surface area contributed by atoms with Crippen LogP contribution in [0.15, 0.2) is 24.3 Å². The van der Waals surface area contributed by atoms with Crippen LogP contribution in [0.2, 0.25) is 0 Å². The zero-order chi connectivity index (χ0) is 12.1. The predicted octanol–water partition coefficient (Wildman–Crippen LogP) is 1.23. The summed E-state index contributed by atoms with van der Waals surface area (Å²) in [5, 5.41) is 4.64. The van der Waals surface area contributed by atoms with Crippen molar-refractivity contribution in [3.05, 3.63) is 24.3 Å². The van der Waals surface area contributed by atoms with Crippen LogP contribution in [-0.4, -0.2) is 30.7 Å². The second kappa shape index (κ2) is 5.65. The topological polar surface area (TPSA) is 67.6 Å². The molecule has 0 radical (unpaired) electrons. The summed E-state index contributed by atoms with van der Waals surface area (Å²) in [6.07, 6.45) is 1.46. The molecule has 5 heteroatoms. The van der Waals surface area contributed by atoms with Gasteiger partial charge in [-0.1, -0.05) is 6.07 Å². The van der Waals surface area contributed by atoms with E-state index in [1.165, 1.54) is 0 Å². The van der Waals surface area contributed by atoms with Crippen molar-refractivity contribution in [2.45, 2.75) is 12.8 Å². The highest BCUT2D eigenvalue weighted by atomic mass is 16.7. The van der Waals surface area contributed by atoms with E-state index in [0.717, 1.165) is 25.3 Å². The van der Waals surface area contributed by atoms with Crippen molar-refractivity contribution in [1.82, 2.24) is 5.06 Å². The van der Waals surface area contributed by atoms with Crippen LogP contribution in [0.25, 0.3) is 0 Å². The van der Waals surface area contributed by atoms with Crippen LogP contribution >= 0.6 is 0 Å². The number of nitrogens with two attached hydrogens (primary N) is 1. The molecule has 1 amide bonds. The summed E-state index contributed by atoms with van der Waals surface area (Å²) in [6, 6.07) is 7.16. The summed E-state index contributed by atoms with van der Waals surface area (Å²) in [5.41, 5.74) is 7.01. The number of rotatable bonds is 4. The molecule has 1 aliphatic heterocycles. The molecule has 1 saturated heterocycles. The lowest BCUT2D eigenvalue weighted by Gasteiger charge is -2.13. The van der Waals surface area contributed by atoms with Gasteiger partial charge in [-0.15, -0.1) is 0 Å². The number of carbonyl (C=O) groups is 1. The molecule has 1 aliphatic rings. The van der Waals surface area contributed by atoms with Gasteiger partial charge in [0.15, 0.2) is 0 Å². The van der Waals surface area contributed by atoms with Crippen molar-refractivity contribution in [2.75, 3.05) is 30.7 Å². The number of hydroxylamine groups is 2.